The predicted octanol–water partition coefficient (Wildman–Crippen LogP) is 1.49. The van der Waals surface area contributed by atoms with Crippen molar-refractivity contribution in [2.24, 2.45) is 0 Å². The number of amides is 1. The van der Waals surface area contributed by atoms with Gasteiger partial charge >= 0.3 is 0 Å². The van der Waals surface area contributed by atoms with Crippen LogP contribution in [0.5, 0.6) is 0 Å². The summed E-state index contributed by atoms with van der Waals surface area (Å²) in [5, 5.41) is 0.335. The van der Waals surface area contributed by atoms with Gasteiger partial charge in [-0.1, -0.05) is 11.6 Å². The summed E-state index contributed by atoms with van der Waals surface area (Å²) in [5.74, 6) is -0.0563. The van der Waals surface area contributed by atoms with E-state index in [1.165, 1.54) is 6.20 Å². The lowest BCUT2D eigenvalue weighted by molar-refractivity contribution is 0.0726. The smallest absolute Gasteiger partial charge is 0.275 e. The first-order valence-electron chi connectivity index (χ1n) is 4.42. The van der Waals surface area contributed by atoms with E-state index in [9.17, 15) is 4.79 Å². The number of fused-ring (bicyclic) bond motifs is 1. The van der Waals surface area contributed by atoms with Crippen molar-refractivity contribution >= 4 is 17.5 Å². The van der Waals surface area contributed by atoms with Crippen LogP contribution < -0.4 is 0 Å². The summed E-state index contributed by atoms with van der Waals surface area (Å²) in [7, 11) is 0. The van der Waals surface area contributed by atoms with Crippen LogP contribution in [0, 0.1) is 0 Å². The van der Waals surface area contributed by atoms with Gasteiger partial charge in [0, 0.05) is 6.04 Å². The molecule has 0 unspecified atom stereocenters. The van der Waals surface area contributed by atoms with Crippen molar-refractivity contribution in [2.75, 3.05) is 0 Å². The molecule has 0 aliphatic carbocycles. The van der Waals surface area contributed by atoms with Gasteiger partial charge in [0.1, 0.15) is 5.15 Å². The summed E-state index contributed by atoms with van der Waals surface area (Å²) < 4.78 is 0. The minimum Gasteiger partial charge on any atom is -0.329 e. The standard InChI is InChI=1S/C9H10ClN3O/c1-5(2)13-4-6-8(9(13)14)11-3-7(10)12-6/h3,5H,4H2,1-2H3. The van der Waals surface area contributed by atoms with Gasteiger partial charge < -0.3 is 4.90 Å². The Bertz CT molecular complexity index is 392. The zero-order valence-electron chi connectivity index (χ0n) is 7.99. The molecular weight excluding hydrogens is 202 g/mol. The lowest BCUT2D eigenvalue weighted by Crippen LogP contribution is -2.31. The van der Waals surface area contributed by atoms with E-state index in [4.69, 9.17) is 11.6 Å². The van der Waals surface area contributed by atoms with Crippen molar-refractivity contribution < 1.29 is 4.79 Å². The lowest BCUT2D eigenvalue weighted by Gasteiger charge is -2.18. The van der Waals surface area contributed by atoms with E-state index in [-0.39, 0.29) is 11.9 Å². The highest BCUT2D eigenvalue weighted by Crippen LogP contribution is 2.22. The number of hydrogen-bond acceptors (Lipinski definition) is 3. The van der Waals surface area contributed by atoms with Gasteiger partial charge in [-0.15, -0.1) is 0 Å². The Morgan fingerprint density at radius 3 is 2.93 bits per heavy atom. The van der Waals surface area contributed by atoms with Crippen molar-refractivity contribution in [1.82, 2.24) is 14.9 Å². The highest BCUT2D eigenvalue weighted by Gasteiger charge is 2.31. The molecular formula is C9H10ClN3O. The lowest BCUT2D eigenvalue weighted by atomic mass is 10.3. The molecule has 14 heavy (non-hydrogen) atoms. The van der Waals surface area contributed by atoms with E-state index in [0.29, 0.717) is 23.1 Å². The number of aromatic nitrogens is 2. The first kappa shape index (κ1) is 9.40. The molecule has 0 fully saturated rings. The third kappa shape index (κ3) is 1.35. The molecule has 1 aromatic heterocycles. The number of hydrogen-bond donors (Lipinski definition) is 0. The Morgan fingerprint density at radius 2 is 2.29 bits per heavy atom. The van der Waals surface area contributed by atoms with Crippen LogP contribution >= 0.6 is 11.6 Å². The maximum Gasteiger partial charge on any atom is 0.275 e. The second kappa shape index (κ2) is 3.20. The average molecular weight is 212 g/mol. The number of carbonyl (C=O) groups excluding carboxylic acids is 1. The van der Waals surface area contributed by atoms with E-state index in [0.717, 1.165) is 0 Å². The first-order valence-corrected chi connectivity index (χ1v) is 4.80. The third-order valence-corrected chi connectivity index (χ3v) is 2.40. The summed E-state index contributed by atoms with van der Waals surface area (Å²) in [5.41, 5.74) is 1.11. The Kier molecular flexibility index (Phi) is 2.15. The van der Waals surface area contributed by atoms with Crippen LogP contribution in [-0.2, 0) is 6.54 Å². The molecule has 0 aromatic carbocycles. The van der Waals surface area contributed by atoms with Gasteiger partial charge in [0.15, 0.2) is 5.69 Å². The maximum absolute atomic E-state index is 11.7. The molecule has 1 amide bonds. The molecule has 0 saturated heterocycles. The second-order valence-electron chi connectivity index (χ2n) is 3.51. The molecule has 0 atom stereocenters. The van der Waals surface area contributed by atoms with Gasteiger partial charge in [0.2, 0.25) is 0 Å². The van der Waals surface area contributed by atoms with Crippen molar-refractivity contribution in [1.29, 1.82) is 0 Å². The topological polar surface area (TPSA) is 46.1 Å². The van der Waals surface area contributed by atoms with Crippen LogP contribution in [0.1, 0.15) is 30.0 Å². The van der Waals surface area contributed by atoms with Gasteiger partial charge in [-0.2, -0.15) is 0 Å². The number of rotatable bonds is 1. The Morgan fingerprint density at radius 1 is 1.57 bits per heavy atom. The fraction of sp³-hybridized carbons (Fsp3) is 0.444. The summed E-state index contributed by atoms with van der Waals surface area (Å²) in [6, 6.07) is 0.164. The third-order valence-electron chi connectivity index (χ3n) is 2.22. The molecule has 0 bridgehead atoms. The fourth-order valence-electron chi connectivity index (χ4n) is 1.48. The van der Waals surface area contributed by atoms with Gasteiger partial charge in [-0.05, 0) is 13.8 Å². The summed E-state index contributed by atoms with van der Waals surface area (Å²) in [6.45, 7) is 4.44. The SMILES string of the molecule is CC(C)N1Cc2nc(Cl)cnc2C1=O. The van der Waals surface area contributed by atoms with Crippen molar-refractivity contribution in [2.45, 2.75) is 26.4 Å². The van der Waals surface area contributed by atoms with E-state index >= 15 is 0 Å². The van der Waals surface area contributed by atoms with Crippen LogP contribution in [0.15, 0.2) is 6.20 Å². The van der Waals surface area contributed by atoms with Gasteiger partial charge in [-0.3, -0.25) is 4.79 Å². The molecule has 5 heteroatoms. The molecule has 74 valence electrons. The monoisotopic (exact) mass is 211 g/mol. The summed E-state index contributed by atoms with van der Waals surface area (Å²) in [4.78, 5) is 21.5. The predicted molar refractivity (Wildman–Crippen MR) is 52.1 cm³/mol. The Hall–Kier alpha value is -1.16. The highest BCUT2D eigenvalue weighted by molar-refractivity contribution is 6.29. The van der Waals surface area contributed by atoms with E-state index in [1.807, 2.05) is 13.8 Å². The van der Waals surface area contributed by atoms with Crippen LogP contribution in [0.3, 0.4) is 0 Å². The zero-order valence-corrected chi connectivity index (χ0v) is 8.75. The highest BCUT2D eigenvalue weighted by atomic mass is 35.5. The molecule has 0 spiro atoms. The maximum atomic E-state index is 11.7. The molecule has 1 aliphatic heterocycles. The molecule has 1 aromatic rings. The summed E-state index contributed by atoms with van der Waals surface area (Å²) >= 11 is 5.69. The molecule has 4 nitrogen and oxygen atoms in total. The minimum atomic E-state index is -0.0563. The van der Waals surface area contributed by atoms with Gasteiger partial charge in [0.25, 0.3) is 5.91 Å². The molecule has 2 heterocycles. The summed E-state index contributed by atoms with van der Waals surface area (Å²) in [6.07, 6.45) is 1.40. The molecule has 0 radical (unpaired) electrons. The largest absolute Gasteiger partial charge is 0.329 e. The quantitative estimate of drug-likeness (QED) is 0.707. The first-order chi connectivity index (χ1) is 6.59. The van der Waals surface area contributed by atoms with Crippen LogP contribution in [-0.4, -0.2) is 26.8 Å². The van der Waals surface area contributed by atoms with Crippen molar-refractivity contribution in [3.05, 3.63) is 22.7 Å². The van der Waals surface area contributed by atoms with Gasteiger partial charge in [0.05, 0.1) is 18.4 Å². The van der Waals surface area contributed by atoms with E-state index in [1.54, 1.807) is 4.90 Å². The Balaban J connectivity index is 2.40. The van der Waals surface area contributed by atoms with Crippen LogP contribution in [0.2, 0.25) is 5.15 Å². The van der Waals surface area contributed by atoms with Crippen LogP contribution in [0.25, 0.3) is 0 Å². The van der Waals surface area contributed by atoms with E-state index in [2.05, 4.69) is 9.97 Å². The number of carbonyl (C=O) groups is 1. The molecule has 0 saturated carbocycles. The molecule has 1 aliphatic rings. The van der Waals surface area contributed by atoms with E-state index < -0.39 is 0 Å². The normalized spacial score (nSPS) is 15.1. The number of nitrogens with zero attached hydrogens (tertiary/aromatic N) is 3. The molecule has 0 N–H and O–H groups in total. The van der Waals surface area contributed by atoms with Crippen molar-refractivity contribution in [3.63, 3.8) is 0 Å². The van der Waals surface area contributed by atoms with Crippen LogP contribution in [0.4, 0.5) is 0 Å². The van der Waals surface area contributed by atoms with Gasteiger partial charge in [-0.25, -0.2) is 9.97 Å². The minimum absolute atomic E-state index is 0.0563. The average Bonchev–Trinajstić information content (AvgIpc) is 2.43. The fourth-order valence-corrected chi connectivity index (χ4v) is 1.63. The van der Waals surface area contributed by atoms with Crippen molar-refractivity contribution in [3.8, 4) is 0 Å². The number of halogens is 1. The molecule has 2 rings (SSSR count). The Labute approximate surface area is 86.9 Å². The zero-order chi connectivity index (χ0) is 10.3. The second-order valence-corrected chi connectivity index (χ2v) is 3.90.